The molecular weight excluding hydrogens is 407 g/mol. The van der Waals surface area contributed by atoms with Crippen LogP contribution in [0.1, 0.15) is 4.88 Å². The molecule has 0 saturated carbocycles. The first-order chi connectivity index (χ1) is 14.5. The highest BCUT2D eigenvalue weighted by atomic mass is 32.1. The summed E-state index contributed by atoms with van der Waals surface area (Å²) in [7, 11) is 1.55. The molecule has 1 saturated heterocycles. The molecule has 2 aromatic rings. The maximum absolute atomic E-state index is 13.4. The Morgan fingerprint density at radius 3 is 2.63 bits per heavy atom. The summed E-state index contributed by atoms with van der Waals surface area (Å²) in [5.41, 5.74) is 0.897. The molecule has 2 heterocycles. The van der Waals surface area contributed by atoms with Crippen LogP contribution in [0.4, 0.5) is 9.18 Å². The molecule has 1 aliphatic rings. The third-order valence-corrected chi connectivity index (χ3v) is 5.95. The molecular formula is C21H27FN4O3S. The Hall–Kier alpha value is -2.33. The second kappa shape index (κ2) is 11.2. The molecule has 3 rings (SSSR count). The quantitative estimate of drug-likeness (QED) is 0.623. The van der Waals surface area contributed by atoms with Gasteiger partial charge in [0.1, 0.15) is 5.82 Å². The molecule has 0 aliphatic carbocycles. The van der Waals surface area contributed by atoms with Crippen molar-refractivity contribution >= 4 is 23.3 Å². The minimum atomic E-state index is -0.498. The van der Waals surface area contributed by atoms with Gasteiger partial charge in [-0.2, -0.15) is 0 Å². The number of amides is 3. The van der Waals surface area contributed by atoms with E-state index in [-0.39, 0.29) is 18.3 Å². The lowest BCUT2D eigenvalue weighted by Crippen LogP contribution is -2.50. The molecule has 30 heavy (non-hydrogen) atoms. The average molecular weight is 435 g/mol. The lowest BCUT2D eigenvalue weighted by Gasteiger charge is -2.33. The summed E-state index contributed by atoms with van der Waals surface area (Å²) in [6.07, 6.45) is 0. The predicted octanol–water partition coefficient (Wildman–Crippen LogP) is 2.14. The molecule has 2 N–H and O–H groups in total. The number of nitrogens with zero attached hydrogens (tertiary/aromatic N) is 2. The van der Waals surface area contributed by atoms with Crippen LogP contribution in [0, 0.1) is 5.82 Å². The van der Waals surface area contributed by atoms with Crippen LogP contribution in [0.2, 0.25) is 0 Å². The summed E-state index contributed by atoms with van der Waals surface area (Å²) in [5.74, 6) is -0.536. The van der Waals surface area contributed by atoms with Crippen molar-refractivity contribution in [2.45, 2.75) is 6.54 Å². The van der Waals surface area contributed by atoms with Gasteiger partial charge in [0.15, 0.2) is 0 Å². The zero-order valence-electron chi connectivity index (χ0n) is 17.0. The number of thiophene rings is 1. The molecule has 1 aromatic heterocycles. The zero-order chi connectivity index (χ0) is 21.3. The van der Waals surface area contributed by atoms with Gasteiger partial charge in [-0.15, -0.1) is 11.3 Å². The molecule has 1 fully saturated rings. The molecule has 7 nitrogen and oxygen atoms in total. The molecule has 0 radical (unpaired) electrons. The first kappa shape index (κ1) is 22.4. The van der Waals surface area contributed by atoms with Crippen LogP contribution in [0.5, 0.6) is 0 Å². The van der Waals surface area contributed by atoms with Gasteiger partial charge in [-0.25, -0.2) is 9.18 Å². The van der Waals surface area contributed by atoms with Crippen molar-refractivity contribution in [3.63, 3.8) is 0 Å². The van der Waals surface area contributed by atoms with E-state index in [9.17, 15) is 14.0 Å². The average Bonchev–Trinajstić information content (AvgIpc) is 3.18. The van der Waals surface area contributed by atoms with E-state index in [0.29, 0.717) is 13.2 Å². The first-order valence-corrected chi connectivity index (χ1v) is 10.7. The topological polar surface area (TPSA) is 73.9 Å². The fraction of sp³-hybridized carbons (Fsp3) is 0.429. The SMILES string of the molecule is COCCNC(=O)NC(=O)CN1CCN(Cc2ccc(-c3cccc(F)c3)s2)CC1. The normalized spacial score (nSPS) is 15.1. The van der Waals surface area contributed by atoms with Crippen molar-refractivity contribution in [3.8, 4) is 10.4 Å². The van der Waals surface area contributed by atoms with Crippen molar-refractivity contribution in [3.05, 3.63) is 47.1 Å². The van der Waals surface area contributed by atoms with Crippen molar-refractivity contribution in [1.29, 1.82) is 0 Å². The van der Waals surface area contributed by atoms with Gasteiger partial charge in [0.2, 0.25) is 5.91 Å². The second-order valence-corrected chi connectivity index (χ2v) is 8.29. The predicted molar refractivity (Wildman–Crippen MR) is 115 cm³/mol. The van der Waals surface area contributed by atoms with E-state index >= 15 is 0 Å². The van der Waals surface area contributed by atoms with Crippen LogP contribution < -0.4 is 10.6 Å². The first-order valence-electron chi connectivity index (χ1n) is 9.89. The maximum atomic E-state index is 13.4. The van der Waals surface area contributed by atoms with E-state index in [1.165, 1.54) is 10.9 Å². The maximum Gasteiger partial charge on any atom is 0.321 e. The van der Waals surface area contributed by atoms with E-state index in [1.807, 2.05) is 17.0 Å². The lowest BCUT2D eigenvalue weighted by molar-refractivity contribution is -0.121. The van der Waals surface area contributed by atoms with Gasteiger partial charge in [0, 0.05) is 56.1 Å². The van der Waals surface area contributed by atoms with E-state index in [0.717, 1.165) is 43.2 Å². The van der Waals surface area contributed by atoms with Crippen molar-refractivity contribution in [2.24, 2.45) is 0 Å². The van der Waals surface area contributed by atoms with Crippen LogP contribution in [-0.4, -0.2) is 74.7 Å². The third-order valence-electron chi connectivity index (χ3n) is 4.83. The number of hydrogen-bond acceptors (Lipinski definition) is 6. The van der Waals surface area contributed by atoms with E-state index < -0.39 is 6.03 Å². The molecule has 0 spiro atoms. The Morgan fingerprint density at radius 1 is 1.13 bits per heavy atom. The summed E-state index contributed by atoms with van der Waals surface area (Å²) < 4.78 is 18.3. The second-order valence-electron chi connectivity index (χ2n) is 7.13. The van der Waals surface area contributed by atoms with Crippen LogP contribution in [0.15, 0.2) is 36.4 Å². The van der Waals surface area contributed by atoms with E-state index in [4.69, 9.17) is 4.74 Å². The minimum Gasteiger partial charge on any atom is -0.383 e. The standard InChI is InChI=1S/C21H27FN4O3S/c1-29-12-7-23-21(28)24-20(27)15-26-10-8-25(9-11-26)14-18-5-6-19(30-18)16-3-2-4-17(22)13-16/h2-6,13H,7-12,14-15H2,1H3,(H2,23,24,27,28). The fourth-order valence-electron chi connectivity index (χ4n) is 3.27. The number of imide groups is 1. The molecule has 0 bridgehead atoms. The minimum absolute atomic E-state index is 0.203. The highest BCUT2D eigenvalue weighted by molar-refractivity contribution is 7.15. The van der Waals surface area contributed by atoms with Gasteiger partial charge in [0.25, 0.3) is 0 Å². The van der Waals surface area contributed by atoms with Crippen molar-refractivity contribution < 1.29 is 18.7 Å². The highest BCUT2D eigenvalue weighted by Gasteiger charge is 2.20. The molecule has 0 atom stereocenters. The van der Waals surface area contributed by atoms with Gasteiger partial charge in [-0.05, 0) is 29.8 Å². The number of nitrogens with one attached hydrogen (secondary N) is 2. The number of rotatable bonds is 8. The number of carbonyl (C=O) groups excluding carboxylic acids is 2. The number of benzene rings is 1. The van der Waals surface area contributed by atoms with Crippen molar-refractivity contribution in [2.75, 3.05) is 53.0 Å². The highest BCUT2D eigenvalue weighted by Crippen LogP contribution is 2.29. The van der Waals surface area contributed by atoms with Gasteiger partial charge in [0.05, 0.1) is 13.2 Å². The molecule has 9 heteroatoms. The number of piperazine rings is 1. The number of ether oxygens (including phenoxy) is 1. The van der Waals surface area contributed by atoms with Crippen LogP contribution in [-0.2, 0) is 16.1 Å². The Balaban J connectivity index is 1.40. The number of halogens is 1. The van der Waals surface area contributed by atoms with Crippen molar-refractivity contribution in [1.82, 2.24) is 20.4 Å². The molecule has 0 unspecified atom stereocenters. The van der Waals surface area contributed by atoms with Crippen LogP contribution >= 0.6 is 11.3 Å². The van der Waals surface area contributed by atoms with Gasteiger partial charge in [-0.1, -0.05) is 12.1 Å². The monoisotopic (exact) mass is 434 g/mol. The lowest BCUT2D eigenvalue weighted by atomic mass is 10.2. The Morgan fingerprint density at radius 2 is 1.90 bits per heavy atom. The molecule has 1 aromatic carbocycles. The molecule has 3 amide bonds. The molecule has 1 aliphatic heterocycles. The largest absolute Gasteiger partial charge is 0.383 e. The van der Waals surface area contributed by atoms with Crippen LogP contribution in [0.3, 0.4) is 0 Å². The van der Waals surface area contributed by atoms with E-state index in [1.54, 1.807) is 30.6 Å². The summed E-state index contributed by atoms with van der Waals surface area (Å²) in [6.45, 7) is 5.02. The summed E-state index contributed by atoms with van der Waals surface area (Å²) in [6, 6.07) is 10.3. The summed E-state index contributed by atoms with van der Waals surface area (Å²) >= 11 is 1.68. The Labute approximate surface area is 179 Å². The van der Waals surface area contributed by atoms with E-state index in [2.05, 4.69) is 21.6 Å². The Bertz CT molecular complexity index is 852. The van der Waals surface area contributed by atoms with Gasteiger partial charge < -0.3 is 10.1 Å². The third kappa shape index (κ3) is 6.88. The Kier molecular flexibility index (Phi) is 8.32. The van der Waals surface area contributed by atoms with Gasteiger partial charge >= 0.3 is 6.03 Å². The summed E-state index contributed by atoms with van der Waals surface area (Å²) in [4.78, 5) is 30.3. The fourth-order valence-corrected chi connectivity index (χ4v) is 4.31. The number of hydrogen-bond donors (Lipinski definition) is 2. The number of urea groups is 1. The molecule has 162 valence electrons. The van der Waals surface area contributed by atoms with Crippen LogP contribution in [0.25, 0.3) is 10.4 Å². The number of carbonyl (C=O) groups is 2. The zero-order valence-corrected chi connectivity index (χ0v) is 17.8. The summed E-state index contributed by atoms with van der Waals surface area (Å²) in [5, 5.41) is 4.90. The smallest absolute Gasteiger partial charge is 0.321 e. The number of methoxy groups -OCH3 is 1. The van der Waals surface area contributed by atoms with Gasteiger partial charge in [-0.3, -0.25) is 19.9 Å².